The molecule has 0 saturated heterocycles. The molecule has 1 aliphatic rings. The van der Waals surface area contributed by atoms with Crippen LogP contribution in [0.15, 0.2) is 24.5 Å². The largest absolute Gasteiger partial charge is 0.337 e. The molecule has 3 aromatic rings. The number of fused-ring (bicyclic) bond motifs is 1. The van der Waals surface area contributed by atoms with E-state index in [9.17, 15) is 13.2 Å². The van der Waals surface area contributed by atoms with Crippen LogP contribution in [-0.2, 0) is 23.5 Å². The molecule has 0 aromatic carbocycles. The topological polar surface area (TPSA) is 111 Å². The summed E-state index contributed by atoms with van der Waals surface area (Å²) in [4.78, 5) is 16.6. The van der Waals surface area contributed by atoms with Gasteiger partial charge in [0.05, 0.1) is 11.4 Å². The fraction of sp³-hybridized carbons (Fsp3) is 0.500. The Labute approximate surface area is 188 Å². The van der Waals surface area contributed by atoms with Gasteiger partial charge in [0.1, 0.15) is 11.5 Å². The van der Waals surface area contributed by atoms with Gasteiger partial charge < -0.3 is 5.32 Å². The van der Waals surface area contributed by atoms with Crippen molar-refractivity contribution in [2.45, 2.75) is 51.9 Å². The first-order valence-electron chi connectivity index (χ1n) is 11.1. The van der Waals surface area contributed by atoms with Crippen molar-refractivity contribution in [3.05, 3.63) is 41.3 Å². The fourth-order valence-electron chi connectivity index (χ4n) is 3.98. The molecule has 4 rings (SSSR count). The van der Waals surface area contributed by atoms with Crippen LogP contribution in [0.4, 0.5) is 4.79 Å². The van der Waals surface area contributed by atoms with Crippen LogP contribution in [-0.4, -0.2) is 46.1 Å². The third kappa shape index (κ3) is 4.79. The van der Waals surface area contributed by atoms with Gasteiger partial charge in [-0.2, -0.15) is 5.10 Å². The van der Waals surface area contributed by atoms with E-state index in [0.29, 0.717) is 12.5 Å². The molecule has 0 unspecified atom stereocenters. The minimum absolute atomic E-state index is 0.216. The van der Waals surface area contributed by atoms with Crippen LogP contribution >= 0.6 is 0 Å². The molecule has 32 heavy (non-hydrogen) atoms. The second-order valence-corrected chi connectivity index (χ2v) is 10.3. The SMILES string of the molecule is CCCCNC(=O)NS(=O)(=O)CCc1c(C)nn(C)c1-n1ccc2cc(C3CC3)cnc21. The van der Waals surface area contributed by atoms with E-state index in [2.05, 4.69) is 21.2 Å². The lowest BCUT2D eigenvalue weighted by molar-refractivity contribution is 0.245. The number of sulfonamides is 1. The van der Waals surface area contributed by atoms with E-state index in [1.807, 2.05) is 43.9 Å². The van der Waals surface area contributed by atoms with Gasteiger partial charge in [0.2, 0.25) is 10.0 Å². The number of nitrogens with zero attached hydrogens (tertiary/aromatic N) is 4. The smallest absolute Gasteiger partial charge is 0.328 e. The number of urea groups is 1. The molecule has 3 aromatic heterocycles. The number of aromatic nitrogens is 4. The first kappa shape index (κ1) is 22.3. The van der Waals surface area contributed by atoms with Gasteiger partial charge in [-0.1, -0.05) is 13.3 Å². The van der Waals surface area contributed by atoms with Gasteiger partial charge in [0.25, 0.3) is 0 Å². The average Bonchev–Trinajstić information content (AvgIpc) is 3.44. The minimum atomic E-state index is -3.78. The summed E-state index contributed by atoms with van der Waals surface area (Å²) in [6, 6.07) is 3.53. The lowest BCUT2D eigenvalue weighted by Crippen LogP contribution is -2.41. The maximum absolute atomic E-state index is 12.5. The van der Waals surface area contributed by atoms with Crippen molar-refractivity contribution in [1.29, 1.82) is 0 Å². The Kier molecular flexibility index (Phi) is 6.23. The fourth-order valence-corrected chi connectivity index (χ4v) is 4.91. The van der Waals surface area contributed by atoms with Gasteiger partial charge in [-0.15, -0.1) is 0 Å². The molecule has 3 heterocycles. The van der Waals surface area contributed by atoms with Crippen molar-refractivity contribution in [2.75, 3.05) is 12.3 Å². The van der Waals surface area contributed by atoms with E-state index < -0.39 is 16.1 Å². The summed E-state index contributed by atoms with van der Waals surface area (Å²) >= 11 is 0. The summed E-state index contributed by atoms with van der Waals surface area (Å²) in [5.74, 6) is 1.19. The molecule has 2 amide bonds. The maximum Gasteiger partial charge on any atom is 0.328 e. The van der Waals surface area contributed by atoms with E-state index in [-0.39, 0.29) is 12.2 Å². The van der Waals surface area contributed by atoms with Crippen LogP contribution in [0.2, 0.25) is 0 Å². The Morgan fingerprint density at radius 3 is 2.81 bits per heavy atom. The number of pyridine rings is 1. The number of carbonyl (C=O) groups is 1. The van der Waals surface area contributed by atoms with Crippen LogP contribution in [0.25, 0.3) is 16.9 Å². The number of unbranched alkanes of at least 4 members (excludes halogenated alkanes) is 1. The Hall–Kier alpha value is -2.88. The molecule has 1 saturated carbocycles. The summed E-state index contributed by atoms with van der Waals surface area (Å²) in [6.07, 6.45) is 8.27. The molecule has 0 spiro atoms. The van der Waals surface area contributed by atoms with Crippen molar-refractivity contribution in [2.24, 2.45) is 7.05 Å². The molecule has 0 radical (unpaired) electrons. The molecular weight excluding hydrogens is 428 g/mol. The predicted molar refractivity (Wildman–Crippen MR) is 123 cm³/mol. The highest BCUT2D eigenvalue weighted by atomic mass is 32.2. The predicted octanol–water partition coefficient (Wildman–Crippen LogP) is 2.92. The van der Waals surface area contributed by atoms with Crippen LogP contribution in [0, 0.1) is 6.92 Å². The van der Waals surface area contributed by atoms with Crippen LogP contribution in [0.5, 0.6) is 0 Å². The second kappa shape index (κ2) is 8.93. The number of hydrogen-bond acceptors (Lipinski definition) is 5. The van der Waals surface area contributed by atoms with E-state index in [4.69, 9.17) is 4.98 Å². The molecule has 0 aliphatic heterocycles. The Morgan fingerprint density at radius 2 is 2.09 bits per heavy atom. The zero-order valence-electron chi connectivity index (χ0n) is 18.8. The molecule has 10 heteroatoms. The van der Waals surface area contributed by atoms with Crippen molar-refractivity contribution in [1.82, 2.24) is 29.4 Å². The second-order valence-electron chi connectivity index (χ2n) is 8.43. The Bertz CT molecular complexity index is 1240. The van der Waals surface area contributed by atoms with Gasteiger partial charge in [0, 0.05) is 36.9 Å². The summed E-state index contributed by atoms with van der Waals surface area (Å²) in [7, 11) is -1.95. The highest BCUT2D eigenvalue weighted by molar-refractivity contribution is 7.90. The maximum atomic E-state index is 12.5. The molecule has 0 bridgehead atoms. The molecule has 172 valence electrons. The minimum Gasteiger partial charge on any atom is -0.337 e. The van der Waals surface area contributed by atoms with E-state index in [0.717, 1.165) is 41.0 Å². The Balaban J connectivity index is 1.54. The number of amides is 2. The van der Waals surface area contributed by atoms with Crippen LogP contribution < -0.4 is 10.0 Å². The first-order valence-corrected chi connectivity index (χ1v) is 12.7. The summed E-state index contributed by atoms with van der Waals surface area (Å²) < 4.78 is 30.7. The molecule has 9 nitrogen and oxygen atoms in total. The highest BCUT2D eigenvalue weighted by Gasteiger charge is 2.25. The van der Waals surface area contributed by atoms with Crippen LogP contribution in [0.3, 0.4) is 0 Å². The standard InChI is InChI=1S/C22H30N6O3S/c1-4-5-10-23-22(29)26-32(30,31)12-9-19-15(2)25-27(3)21(19)28-11-8-17-13-18(16-6-7-16)14-24-20(17)28/h8,11,13-14,16H,4-7,9-10,12H2,1-3H3,(H2,23,26,29). The zero-order valence-corrected chi connectivity index (χ0v) is 19.6. The average molecular weight is 459 g/mol. The third-order valence-corrected chi connectivity index (χ3v) is 7.06. The van der Waals surface area contributed by atoms with E-state index >= 15 is 0 Å². The quantitative estimate of drug-likeness (QED) is 0.479. The third-order valence-electron chi connectivity index (χ3n) is 5.82. The molecule has 1 fully saturated rings. The zero-order chi connectivity index (χ0) is 22.9. The monoisotopic (exact) mass is 458 g/mol. The molecule has 2 N–H and O–H groups in total. The molecule has 0 atom stereocenters. The van der Waals surface area contributed by atoms with Gasteiger partial charge in [-0.05, 0) is 56.2 Å². The molecular formula is C22H30N6O3S. The number of nitrogens with one attached hydrogen (secondary N) is 2. The lowest BCUT2D eigenvalue weighted by atomic mass is 10.1. The van der Waals surface area contributed by atoms with Gasteiger partial charge in [-0.3, -0.25) is 9.25 Å². The van der Waals surface area contributed by atoms with Crippen LogP contribution in [0.1, 0.15) is 55.3 Å². The lowest BCUT2D eigenvalue weighted by Gasteiger charge is -2.11. The number of rotatable bonds is 9. The van der Waals surface area contributed by atoms with Gasteiger partial charge >= 0.3 is 6.03 Å². The van der Waals surface area contributed by atoms with Crippen molar-refractivity contribution >= 4 is 27.1 Å². The van der Waals surface area contributed by atoms with Gasteiger partial charge in [0.15, 0.2) is 0 Å². The van der Waals surface area contributed by atoms with Crippen molar-refractivity contribution in [3.63, 3.8) is 0 Å². The number of aryl methyl sites for hydroxylation is 2. The summed E-state index contributed by atoms with van der Waals surface area (Å²) in [5, 5.41) is 8.13. The first-order chi connectivity index (χ1) is 15.3. The van der Waals surface area contributed by atoms with E-state index in [1.165, 1.54) is 18.4 Å². The number of hydrogen-bond donors (Lipinski definition) is 2. The normalized spacial score (nSPS) is 14.1. The summed E-state index contributed by atoms with van der Waals surface area (Å²) in [6.45, 7) is 4.31. The molecule has 1 aliphatic carbocycles. The van der Waals surface area contributed by atoms with Crippen molar-refractivity contribution < 1.29 is 13.2 Å². The Morgan fingerprint density at radius 1 is 1.31 bits per heavy atom. The van der Waals surface area contributed by atoms with Gasteiger partial charge in [-0.25, -0.2) is 22.9 Å². The highest BCUT2D eigenvalue weighted by Crippen LogP contribution is 2.40. The van der Waals surface area contributed by atoms with Crippen molar-refractivity contribution in [3.8, 4) is 5.82 Å². The summed E-state index contributed by atoms with van der Waals surface area (Å²) in [5.41, 5.74) is 3.65. The van der Waals surface area contributed by atoms with E-state index in [1.54, 1.807) is 4.68 Å². The number of carbonyl (C=O) groups excluding carboxylic acids is 1.